The largest absolute Gasteiger partial charge is 0.401 e. The van der Waals surface area contributed by atoms with Gasteiger partial charge in [0.25, 0.3) is 0 Å². The Morgan fingerprint density at radius 1 is 1.44 bits per heavy atom. The highest BCUT2D eigenvalue weighted by molar-refractivity contribution is 5.42. The van der Waals surface area contributed by atoms with Crippen molar-refractivity contribution in [3.8, 4) is 0 Å². The van der Waals surface area contributed by atoms with E-state index in [2.05, 4.69) is 10.3 Å². The number of halogens is 3. The average molecular weight is 259 g/mol. The molecule has 3 nitrogen and oxygen atoms in total. The van der Waals surface area contributed by atoms with Crippen LogP contribution in [0.4, 0.5) is 19.0 Å². The van der Waals surface area contributed by atoms with E-state index in [9.17, 15) is 13.2 Å². The highest BCUT2D eigenvalue weighted by Gasteiger charge is 2.38. The standard InChI is InChI=1S/C12H16F3N3/c1-16-11-9(3-2-6-17-11)7-18(10-4-5-10)8-12(13,14)15/h2-3,6,10H,4-5,7-8H2,1H3,(H,16,17). The molecule has 1 fully saturated rings. The van der Waals surface area contributed by atoms with E-state index in [1.807, 2.05) is 6.07 Å². The molecular weight excluding hydrogens is 243 g/mol. The lowest BCUT2D eigenvalue weighted by Crippen LogP contribution is -2.35. The van der Waals surface area contributed by atoms with Crippen molar-refractivity contribution in [3.05, 3.63) is 23.9 Å². The second-order valence-corrected chi connectivity index (χ2v) is 4.51. The number of nitrogens with zero attached hydrogens (tertiary/aromatic N) is 2. The van der Waals surface area contributed by atoms with Gasteiger partial charge in [-0.05, 0) is 18.9 Å². The van der Waals surface area contributed by atoms with Crippen LogP contribution in [0, 0.1) is 0 Å². The summed E-state index contributed by atoms with van der Waals surface area (Å²) in [5, 5.41) is 2.90. The van der Waals surface area contributed by atoms with Gasteiger partial charge in [-0.1, -0.05) is 6.07 Å². The van der Waals surface area contributed by atoms with Crippen LogP contribution in [0.3, 0.4) is 0 Å². The normalized spacial score (nSPS) is 16.1. The average Bonchev–Trinajstić information content (AvgIpc) is 3.11. The summed E-state index contributed by atoms with van der Waals surface area (Å²) in [6.07, 6.45) is -0.818. The van der Waals surface area contributed by atoms with E-state index in [1.54, 1.807) is 19.3 Å². The van der Waals surface area contributed by atoms with Gasteiger partial charge < -0.3 is 5.32 Å². The quantitative estimate of drug-likeness (QED) is 0.881. The molecule has 18 heavy (non-hydrogen) atoms. The lowest BCUT2D eigenvalue weighted by Gasteiger charge is -2.24. The minimum Gasteiger partial charge on any atom is -0.373 e. The zero-order valence-corrected chi connectivity index (χ0v) is 10.2. The molecule has 2 rings (SSSR count). The van der Waals surface area contributed by atoms with Crippen molar-refractivity contribution < 1.29 is 13.2 Å². The first kappa shape index (κ1) is 13.1. The van der Waals surface area contributed by atoms with E-state index in [-0.39, 0.29) is 12.6 Å². The van der Waals surface area contributed by atoms with Crippen molar-refractivity contribution in [1.29, 1.82) is 0 Å². The van der Waals surface area contributed by atoms with Crippen molar-refractivity contribution in [3.63, 3.8) is 0 Å². The van der Waals surface area contributed by atoms with Crippen molar-refractivity contribution >= 4 is 5.82 Å². The van der Waals surface area contributed by atoms with Crippen LogP contribution in [0.2, 0.25) is 0 Å². The number of hydrogen-bond donors (Lipinski definition) is 1. The van der Waals surface area contributed by atoms with Gasteiger partial charge in [-0.25, -0.2) is 4.98 Å². The van der Waals surface area contributed by atoms with Gasteiger partial charge in [0.15, 0.2) is 0 Å². The van der Waals surface area contributed by atoms with Crippen molar-refractivity contribution in [2.45, 2.75) is 31.6 Å². The molecule has 1 saturated carbocycles. The summed E-state index contributed by atoms with van der Waals surface area (Å²) < 4.78 is 37.5. The summed E-state index contributed by atoms with van der Waals surface area (Å²) in [7, 11) is 1.72. The smallest absolute Gasteiger partial charge is 0.373 e. The van der Waals surface area contributed by atoms with Gasteiger partial charge in [-0.2, -0.15) is 13.2 Å². The molecule has 0 unspecified atom stereocenters. The van der Waals surface area contributed by atoms with Crippen molar-refractivity contribution in [1.82, 2.24) is 9.88 Å². The van der Waals surface area contributed by atoms with Crippen LogP contribution >= 0.6 is 0 Å². The third-order valence-corrected chi connectivity index (χ3v) is 2.95. The first-order valence-corrected chi connectivity index (χ1v) is 5.92. The maximum atomic E-state index is 12.5. The van der Waals surface area contributed by atoms with E-state index >= 15 is 0 Å². The monoisotopic (exact) mass is 259 g/mol. The topological polar surface area (TPSA) is 28.2 Å². The molecule has 1 aromatic heterocycles. The predicted molar refractivity (Wildman–Crippen MR) is 63.3 cm³/mol. The number of hydrogen-bond acceptors (Lipinski definition) is 3. The summed E-state index contributed by atoms with van der Waals surface area (Å²) in [5.74, 6) is 0.644. The Bertz CT molecular complexity index is 402. The van der Waals surface area contributed by atoms with E-state index in [1.165, 1.54) is 4.90 Å². The molecule has 1 heterocycles. The number of pyridine rings is 1. The molecule has 0 amide bonds. The lowest BCUT2D eigenvalue weighted by molar-refractivity contribution is -0.148. The molecule has 6 heteroatoms. The Balaban J connectivity index is 2.08. The van der Waals surface area contributed by atoms with Gasteiger partial charge >= 0.3 is 6.18 Å². The second-order valence-electron chi connectivity index (χ2n) is 4.51. The minimum atomic E-state index is -4.15. The van der Waals surface area contributed by atoms with Gasteiger partial charge in [0.2, 0.25) is 0 Å². The van der Waals surface area contributed by atoms with E-state index < -0.39 is 12.7 Å². The molecule has 1 aliphatic carbocycles. The molecule has 100 valence electrons. The number of rotatable bonds is 5. The highest BCUT2D eigenvalue weighted by atomic mass is 19.4. The van der Waals surface area contributed by atoms with Crippen LogP contribution in [0.5, 0.6) is 0 Å². The van der Waals surface area contributed by atoms with Crippen LogP contribution in [0.25, 0.3) is 0 Å². The van der Waals surface area contributed by atoms with Gasteiger partial charge in [0.05, 0.1) is 6.54 Å². The van der Waals surface area contributed by atoms with Crippen molar-refractivity contribution in [2.75, 3.05) is 18.9 Å². The number of nitrogens with one attached hydrogen (secondary N) is 1. The van der Waals surface area contributed by atoms with E-state index in [0.717, 1.165) is 18.4 Å². The third kappa shape index (κ3) is 3.60. The molecule has 0 atom stereocenters. The van der Waals surface area contributed by atoms with Gasteiger partial charge in [0.1, 0.15) is 5.82 Å². The third-order valence-electron chi connectivity index (χ3n) is 2.95. The Labute approximate surface area is 104 Å². The zero-order chi connectivity index (χ0) is 13.2. The van der Waals surface area contributed by atoms with Crippen molar-refractivity contribution in [2.24, 2.45) is 0 Å². The van der Waals surface area contributed by atoms with Crippen LogP contribution in [0.1, 0.15) is 18.4 Å². The first-order chi connectivity index (χ1) is 8.49. The maximum absolute atomic E-state index is 12.5. The van der Waals surface area contributed by atoms with Gasteiger partial charge in [0, 0.05) is 31.4 Å². The fourth-order valence-electron chi connectivity index (χ4n) is 1.99. The first-order valence-electron chi connectivity index (χ1n) is 5.92. The Hall–Kier alpha value is -1.30. The highest BCUT2D eigenvalue weighted by Crippen LogP contribution is 2.32. The molecule has 0 aliphatic heterocycles. The van der Waals surface area contributed by atoms with Crippen LogP contribution < -0.4 is 5.32 Å². The van der Waals surface area contributed by atoms with Gasteiger partial charge in [-0.15, -0.1) is 0 Å². The fraction of sp³-hybridized carbons (Fsp3) is 0.583. The summed E-state index contributed by atoms with van der Waals surface area (Å²) in [6.45, 7) is -0.566. The molecule has 0 saturated heterocycles. The Morgan fingerprint density at radius 3 is 2.72 bits per heavy atom. The van der Waals surface area contributed by atoms with E-state index in [4.69, 9.17) is 0 Å². The molecule has 0 spiro atoms. The fourth-order valence-corrected chi connectivity index (χ4v) is 1.99. The second kappa shape index (κ2) is 5.14. The Kier molecular flexibility index (Phi) is 3.75. The molecule has 0 bridgehead atoms. The number of anilines is 1. The van der Waals surface area contributed by atoms with E-state index in [0.29, 0.717) is 5.82 Å². The summed E-state index contributed by atoms with van der Waals surface area (Å²) in [4.78, 5) is 5.59. The van der Waals surface area contributed by atoms with Gasteiger partial charge in [-0.3, -0.25) is 4.90 Å². The minimum absolute atomic E-state index is 0.0662. The Morgan fingerprint density at radius 2 is 2.17 bits per heavy atom. The molecule has 1 N–H and O–H groups in total. The lowest BCUT2D eigenvalue weighted by atomic mass is 10.2. The maximum Gasteiger partial charge on any atom is 0.401 e. The SMILES string of the molecule is CNc1ncccc1CN(CC(F)(F)F)C1CC1. The number of alkyl halides is 3. The molecule has 1 aromatic rings. The molecule has 1 aliphatic rings. The van der Waals surface area contributed by atoms with Crippen LogP contribution in [-0.2, 0) is 6.54 Å². The molecule has 0 aromatic carbocycles. The molecular formula is C12H16F3N3. The summed E-state index contributed by atoms with van der Waals surface area (Å²) in [6, 6.07) is 3.62. The number of aromatic nitrogens is 1. The predicted octanol–water partition coefficient (Wildman–Crippen LogP) is 2.65. The van der Waals surface area contributed by atoms with Crippen LogP contribution in [0.15, 0.2) is 18.3 Å². The van der Waals surface area contributed by atoms with Crippen LogP contribution in [-0.4, -0.2) is 35.7 Å². The summed E-state index contributed by atoms with van der Waals surface area (Å²) in [5.41, 5.74) is 0.802. The zero-order valence-electron chi connectivity index (χ0n) is 10.2. The summed E-state index contributed by atoms with van der Waals surface area (Å²) >= 11 is 0. The molecule has 0 radical (unpaired) electrons.